The van der Waals surface area contributed by atoms with Gasteiger partial charge in [0.25, 0.3) is 5.91 Å². The highest BCUT2D eigenvalue weighted by atomic mass is 35.5. The van der Waals surface area contributed by atoms with Gasteiger partial charge in [0, 0.05) is 23.7 Å². The summed E-state index contributed by atoms with van der Waals surface area (Å²) in [4.78, 5) is 36.9. The molecule has 3 amide bonds. The van der Waals surface area contributed by atoms with Crippen molar-refractivity contribution >= 4 is 35.6 Å². The molecule has 7 nitrogen and oxygen atoms in total. The summed E-state index contributed by atoms with van der Waals surface area (Å²) in [6.07, 6.45) is 0.551. The van der Waals surface area contributed by atoms with Crippen molar-refractivity contribution < 1.29 is 23.9 Å². The second-order valence-electron chi connectivity index (χ2n) is 5.41. The van der Waals surface area contributed by atoms with E-state index in [1.807, 2.05) is 0 Å². The summed E-state index contributed by atoms with van der Waals surface area (Å²) in [6, 6.07) is 4.60. The second kappa shape index (κ2) is 6.52. The van der Waals surface area contributed by atoms with Crippen molar-refractivity contribution in [1.82, 2.24) is 10.2 Å². The van der Waals surface area contributed by atoms with Crippen LogP contribution in [0.25, 0.3) is 6.08 Å². The van der Waals surface area contributed by atoms with Crippen molar-refractivity contribution in [2.24, 2.45) is 0 Å². The van der Waals surface area contributed by atoms with E-state index >= 15 is 0 Å². The summed E-state index contributed by atoms with van der Waals surface area (Å²) in [5, 5.41) is 3.04. The van der Waals surface area contributed by atoms with Gasteiger partial charge in [-0.3, -0.25) is 9.69 Å². The predicted octanol–water partition coefficient (Wildman–Crippen LogP) is 1.60. The molecule has 0 bridgehead atoms. The number of ether oxygens (including phenoxy) is 2. The molecule has 0 spiro atoms. The van der Waals surface area contributed by atoms with Gasteiger partial charge in [0.15, 0.2) is 6.10 Å². The summed E-state index contributed by atoms with van der Waals surface area (Å²) in [6.45, 7) is 2.12. The van der Waals surface area contributed by atoms with Gasteiger partial charge in [-0.2, -0.15) is 0 Å². The zero-order valence-electron chi connectivity index (χ0n) is 12.9. The number of imide groups is 1. The molecule has 1 fully saturated rings. The fraction of sp³-hybridized carbons (Fsp3) is 0.312. The molecule has 8 heteroatoms. The standard InChI is InChI=1S/C16H15ClN2O5/c1-9(14(20)19-5-4-18-16(19)22)24-15(21)11-6-10-7-12(17)2-3-13(10)23-8-11/h2-3,6-7,9H,4-5,8H2,1H3,(H,18,22)/t9-/m1/s1. The van der Waals surface area contributed by atoms with Crippen LogP contribution >= 0.6 is 11.6 Å². The first-order valence-corrected chi connectivity index (χ1v) is 7.76. The molecule has 126 valence electrons. The SMILES string of the molecule is C[C@@H](OC(=O)C1=Cc2cc(Cl)ccc2OC1)C(=O)N1CCNC1=O. The number of amides is 3. The predicted molar refractivity (Wildman–Crippen MR) is 85.6 cm³/mol. The van der Waals surface area contributed by atoms with Gasteiger partial charge in [0.2, 0.25) is 0 Å². The lowest BCUT2D eigenvalue weighted by Crippen LogP contribution is -2.42. The van der Waals surface area contributed by atoms with Crippen LogP contribution < -0.4 is 10.1 Å². The number of rotatable bonds is 3. The number of carbonyl (C=O) groups excluding carboxylic acids is 3. The molecule has 2 heterocycles. The third kappa shape index (κ3) is 3.21. The van der Waals surface area contributed by atoms with Crippen LogP contribution in [-0.2, 0) is 14.3 Å². The quantitative estimate of drug-likeness (QED) is 0.837. The van der Waals surface area contributed by atoms with Crippen molar-refractivity contribution in [2.75, 3.05) is 19.7 Å². The fourth-order valence-electron chi connectivity index (χ4n) is 2.45. The number of nitrogens with one attached hydrogen (secondary N) is 1. The van der Waals surface area contributed by atoms with Crippen LogP contribution in [0.15, 0.2) is 23.8 Å². The Kier molecular flexibility index (Phi) is 4.44. The maximum atomic E-state index is 12.2. The van der Waals surface area contributed by atoms with Crippen molar-refractivity contribution in [3.63, 3.8) is 0 Å². The van der Waals surface area contributed by atoms with E-state index in [4.69, 9.17) is 21.1 Å². The van der Waals surface area contributed by atoms with Gasteiger partial charge < -0.3 is 14.8 Å². The van der Waals surface area contributed by atoms with E-state index in [1.54, 1.807) is 24.3 Å². The molecule has 1 saturated heterocycles. The van der Waals surface area contributed by atoms with Gasteiger partial charge in [-0.15, -0.1) is 0 Å². The van der Waals surface area contributed by atoms with E-state index in [2.05, 4.69) is 5.32 Å². The van der Waals surface area contributed by atoms with Gasteiger partial charge in [-0.05, 0) is 31.2 Å². The van der Waals surface area contributed by atoms with Gasteiger partial charge in [0.1, 0.15) is 12.4 Å². The maximum absolute atomic E-state index is 12.2. The van der Waals surface area contributed by atoms with Crippen molar-refractivity contribution in [1.29, 1.82) is 0 Å². The topological polar surface area (TPSA) is 84.9 Å². The lowest BCUT2D eigenvalue weighted by atomic mass is 10.1. The first kappa shape index (κ1) is 16.3. The van der Waals surface area contributed by atoms with Gasteiger partial charge in [-0.25, -0.2) is 9.59 Å². The third-order valence-electron chi connectivity index (χ3n) is 3.70. The normalized spacial score (nSPS) is 17.3. The Hall–Kier alpha value is -2.54. The number of urea groups is 1. The second-order valence-corrected chi connectivity index (χ2v) is 5.85. The van der Waals surface area contributed by atoms with Crippen molar-refractivity contribution in [3.05, 3.63) is 34.4 Å². The van der Waals surface area contributed by atoms with Crippen LogP contribution in [0.2, 0.25) is 5.02 Å². The first-order valence-electron chi connectivity index (χ1n) is 7.39. The average molecular weight is 351 g/mol. The number of esters is 1. The summed E-state index contributed by atoms with van der Waals surface area (Å²) < 4.78 is 10.7. The molecule has 3 rings (SSSR count). The molecular formula is C16H15ClN2O5. The molecule has 1 aromatic rings. The summed E-state index contributed by atoms with van der Waals surface area (Å²) in [7, 11) is 0. The highest BCUT2D eigenvalue weighted by Gasteiger charge is 2.32. The third-order valence-corrected chi connectivity index (χ3v) is 3.94. The summed E-state index contributed by atoms with van der Waals surface area (Å²) in [5.41, 5.74) is 0.939. The van der Waals surface area contributed by atoms with E-state index in [0.29, 0.717) is 22.9 Å². The highest BCUT2D eigenvalue weighted by Crippen LogP contribution is 2.29. The number of carbonyl (C=O) groups is 3. The van der Waals surface area contributed by atoms with E-state index in [0.717, 1.165) is 4.90 Å². The molecule has 24 heavy (non-hydrogen) atoms. The Morgan fingerprint density at radius 1 is 1.42 bits per heavy atom. The molecular weight excluding hydrogens is 336 g/mol. The number of benzene rings is 1. The first-order chi connectivity index (χ1) is 11.5. The molecule has 0 unspecified atom stereocenters. The molecule has 0 aromatic heterocycles. The molecule has 0 aliphatic carbocycles. The minimum atomic E-state index is -1.07. The van der Waals surface area contributed by atoms with Gasteiger partial charge >= 0.3 is 12.0 Å². The van der Waals surface area contributed by atoms with Crippen LogP contribution in [0.1, 0.15) is 12.5 Å². The van der Waals surface area contributed by atoms with Crippen LogP contribution in [0.3, 0.4) is 0 Å². The Bertz CT molecular complexity index is 746. The highest BCUT2D eigenvalue weighted by molar-refractivity contribution is 6.30. The number of halogens is 1. The van der Waals surface area contributed by atoms with Crippen LogP contribution in [0, 0.1) is 0 Å². The Balaban J connectivity index is 1.69. The zero-order valence-corrected chi connectivity index (χ0v) is 13.6. The molecule has 1 atom stereocenters. The van der Waals surface area contributed by atoms with Crippen LogP contribution in [0.5, 0.6) is 5.75 Å². The number of hydrogen-bond donors (Lipinski definition) is 1. The van der Waals surface area contributed by atoms with E-state index in [-0.39, 0.29) is 18.7 Å². The fourth-order valence-corrected chi connectivity index (χ4v) is 2.63. The van der Waals surface area contributed by atoms with Gasteiger partial charge in [0.05, 0.1) is 5.57 Å². The minimum Gasteiger partial charge on any atom is -0.488 e. The van der Waals surface area contributed by atoms with Crippen molar-refractivity contribution in [2.45, 2.75) is 13.0 Å². The van der Waals surface area contributed by atoms with E-state index in [9.17, 15) is 14.4 Å². The lowest BCUT2D eigenvalue weighted by Gasteiger charge is -2.21. The van der Waals surface area contributed by atoms with Gasteiger partial charge in [-0.1, -0.05) is 11.6 Å². The lowest BCUT2D eigenvalue weighted by molar-refractivity contribution is -0.154. The number of fused-ring (bicyclic) bond motifs is 1. The Morgan fingerprint density at radius 2 is 2.21 bits per heavy atom. The molecule has 2 aliphatic heterocycles. The Morgan fingerprint density at radius 3 is 2.92 bits per heavy atom. The monoisotopic (exact) mass is 350 g/mol. The smallest absolute Gasteiger partial charge is 0.338 e. The zero-order chi connectivity index (χ0) is 17.3. The van der Waals surface area contributed by atoms with E-state index < -0.39 is 24.0 Å². The molecule has 2 aliphatic rings. The molecule has 0 saturated carbocycles. The minimum absolute atomic E-state index is 0.0403. The molecule has 1 N–H and O–H groups in total. The summed E-state index contributed by atoms with van der Waals surface area (Å²) >= 11 is 5.93. The van der Waals surface area contributed by atoms with Crippen LogP contribution in [0.4, 0.5) is 4.79 Å². The number of hydrogen-bond acceptors (Lipinski definition) is 5. The number of nitrogens with zero attached hydrogens (tertiary/aromatic N) is 1. The van der Waals surface area contributed by atoms with Crippen molar-refractivity contribution in [3.8, 4) is 5.75 Å². The van der Waals surface area contributed by atoms with Crippen LogP contribution in [-0.4, -0.2) is 48.6 Å². The molecule has 1 aromatic carbocycles. The maximum Gasteiger partial charge on any atom is 0.338 e. The average Bonchev–Trinajstić information content (AvgIpc) is 2.99. The molecule has 0 radical (unpaired) electrons. The van der Waals surface area contributed by atoms with E-state index in [1.165, 1.54) is 6.92 Å². The largest absolute Gasteiger partial charge is 0.488 e. The Labute approximate surface area is 143 Å². The summed E-state index contributed by atoms with van der Waals surface area (Å²) in [5.74, 6) is -0.603.